The van der Waals surface area contributed by atoms with Crippen LogP contribution in [0.4, 0.5) is 11.5 Å². The first-order valence-electron chi connectivity index (χ1n) is 9.75. The van der Waals surface area contributed by atoms with Crippen LogP contribution in [0.15, 0.2) is 40.9 Å². The molecule has 1 aliphatic carbocycles. The number of benzene rings is 1. The number of nitrogens with zero attached hydrogens (tertiary/aromatic N) is 2. The van der Waals surface area contributed by atoms with Crippen molar-refractivity contribution in [1.29, 1.82) is 0 Å². The van der Waals surface area contributed by atoms with Crippen LogP contribution in [-0.4, -0.2) is 40.1 Å². The number of ether oxygens (including phenoxy) is 1. The third-order valence-electron chi connectivity index (χ3n) is 5.38. The highest BCUT2D eigenvalue weighted by Crippen LogP contribution is 2.34. The van der Waals surface area contributed by atoms with Gasteiger partial charge in [0, 0.05) is 18.8 Å². The number of carbonyl (C=O) groups is 1. The summed E-state index contributed by atoms with van der Waals surface area (Å²) in [5, 5.41) is 6.13. The number of rotatable bonds is 6. The summed E-state index contributed by atoms with van der Waals surface area (Å²) in [7, 11) is 1.76. The molecule has 2 aromatic rings. The molecule has 1 amide bonds. The lowest BCUT2D eigenvalue weighted by Gasteiger charge is -2.31. The number of amides is 1. The van der Waals surface area contributed by atoms with Crippen molar-refractivity contribution < 1.29 is 13.7 Å². The zero-order chi connectivity index (χ0) is 21.1. The van der Waals surface area contributed by atoms with E-state index < -0.39 is 16.7 Å². The number of carbonyl (C=O) groups excluding carboxylic acids is 1. The van der Waals surface area contributed by atoms with Crippen molar-refractivity contribution in [3.05, 3.63) is 47.7 Å². The van der Waals surface area contributed by atoms with Crippen molar-refractivity contribution in [2.75, 3.05) is 23.7 Å². The zero-order valence-corrected chi connectivity index (χ0v) is 17.4. The molecule has 0 bridgehead atoms. The molecule has 1 atom stereocenters. The minimum absolute atomic E-state index is 0.160. The van der Waals surface area contributed by atoms with E-state index in [2.05, 4.69) is 24.7 Å². The summed E-state index contributed by atoms with van der Waals surface area (Å²) in [6.45, 7) is 0.301. The van der Waals surface area contributed by atoms with Gasteiger partial charge < -0.3 is 21.1 Å². The number of pyridine rings is 1. The van der Waals surface area contributed by atoms with Gasteiger partial charge in [0.2, 0.25) is 11.2 Å². The highest BCUT2D eigenvalue weighted by molar-refractivity contribution is 7.85. The Morgan fingerprint density at radius 3 is 2.90 bits per heavy atom. The summed E-state index contributed by atoms with van der Waals surface area (Å²) in [4.78, 5) is 17.1. The maximum Gasteiger partial charge on any atom is 0.252 e. The predicted molar refractivity (Wildman–Crippen MR) is 117 cm³/mol. The van der Waals surface area contributed by atoms with Crippen LogP contribution in [0, 0.1) is 0 Å². The van der Waals surface area contributed by atoms with Gasteiger partial charge in [0.15, 0.2) is 0 Å². The molecular weight excluding hydrogens is 404 g/mol. The quantitative estimate of drug-likeness (QED) is 0.556. The molecule has 30 heavy (non-hydrogen) atoms. The Labute approximate surface area is 177 Å². The smallest absolute Gasteiger partial charge is 0.252 e. The van der Waals surface area contributed by atoms with Gasteiger partial charge in [-0.2, -0.15) is 4.40 Å². The molecule has 1 fully saturated rings. The summed E-state index contributed by atoms with van der Waals surface area (Å²) in [6, 6.07) is 8.78. The van der Waals surface area contributed by atoms with E-state index in [1.807, 2.05) is 0 Å². The van der Waals surface area contributed by atoms with Gasteiger partial charge in [-0.3, -0.25) is 9.52 Å². The molecule has 5 N–H and O–H groups in total. The SMILES string of the molecule is CNc1cc(C(=O)NC2(COc3cccc4c3C(N)=NS(=O)N4)CCCC2)ccn1. The monoisotopic (exact) mass is 428 g/mol. The van der Waals surface area contributed by atoms with Crippen LogP contribution in [0.25, 0.3) is 0 Å². The first kappa shape index (κ1) is 20.1. The fourth-order valence-electron chi connectivity index (χ4n) is 3.85. The molecule has 0 saturated heterocycles. The maximum absolute atomic E-state index is 12.9. The largest absolute Gasteiger partial charge is 0.490 e. The van der Waals surface area contributed by atoms with E-state index in [9.17, 15) is 9.00 Å². The van der Waals surface area contributed by atoms with Crippen molar-refractivity contribution in [1.82, 2.24) is 10.3 Å². The van der Waals surface area contributed by atoms with Crippen molar-refractivity contribution in [2.24, 2.45) is 10.1 Å². The Bertz CT molecular complexity index is 1020. The molecular formula is C20H24N6O3S. The van der Waals surface area contributed by atoms with Gasteiger partial charge in [0.05, 0.1) is 16.8 Å². The molecule has 1 aromatic carbocycles. The Morgan fingerprint density at radius 1 is 1.33 bits per heavy atom. The number of hydrogen-bond donors (Lipinski definition) is 4. The predicted octanol–water partition coefficient (Wildman–Crippen LogP) is 1.95. The molecule has 158 valence electrons. The second-order valence-corrected chi connectivity index (χ2v) is 8.30. The van der Waals surface area contributed by atoms with Gasteiger partial charge in [0.1, 0.15) is 24.0 Å². The van der Waals surface area contributed by atoms with E-state index >= 15 is 0 Å². The van der Waals surface area contributed by atoms with Crippen LogP contribution in [0.3, 0.4) is 0 Å². The number of fused-ring (bicyclic) bond motifs is 1. The average Bonchev–Trinajstić information content (AvgIpc) is 3.20. The second kappa shape index (κ2) is 8.31. The third-order valence-corrected chi connectivity index (χ3v) is 6.14. The first-order valence-corrected chi connectivity index (χ1v) is 10.9. The minimum atomic E-state index is -1.60. The second-order valence-electron chi connectivity index (χ2n) is 7.42. The number of nitrogens with one attached hydrogen (secondary N) is 3. The topological polar surface area (TPSA) is 131 Å². The van der Waals surface area contributed by atoms with Crippen molar-refractivity contribution in [3.63, 3.8) is 0 Å². The number of amidine groups is 1. The van der Waals surface area contributed by atoms with Gasteiger partial charge in [-0.1, -0.05) is 18.9 Å². The van der Waals surface area contributed by atoms with Gasteiger partial charge in [-0.15, -0.1) is 0 Å². The summed E-state index contributed by atoms with van der Waals surface area (Å²) in [5.74, 6) is 1.18. The van der Waals surface area contributed by atoms with Crippen LogP contribution in [-0.2, 0) is 11.2 Å². The molecule has 2 aliphatic rings. The average molecular weight is 429 g/mol. The normalized spacial score (nSPS) is 19.2. The molecule has 0 spiro atoms. The van der Waals surface area contributed by atoms with E-state index in [4.69, 9.17) is 10.5 Å². The molecule has 1 unspecified atom stereocenters. The van der Waals surface area contributed by atoms with Crippen LogP contribution < -0.4 is 25.8 Å². The lowest BCUT2D eigenvalue weighted by Crippen LogP contribution is -2.50. The molecule has 2 heterocycles. The van der Waals surface area contributed by atoms with Crippen molar-refractivity contribution >= 4 is 34.4 Å². The fraction of sp³-hybridized carbons (Fsp3) is 0.350. The van der Waals surface area contributed by atoms with E-state index in [0.29, 0.717) is 35.0 Å². The lowest BCUT2D eigenvalue weighted by molar-refractivity contribution is 0.0855. The van der Waals surface area contributed by atoms with Gasteiger partial charge in [0.25, 0.3) is 5.91 Å². The summed E-state index contributed by atoms with van der Waals surface area (Å²) < 4.78 is 24.5. The molecule has 1 aliphatic heterocycles. The highest BCUT2D eigenvalue weighted by atomic mass is 32.2. The highest BCUT2D eigenvalue weighted by Gasteiger charge is 2.37. The fourth-order valence-corrected chi connectivity index (χ4v) is 4.52. The zero-order valence-electron chi connectivity index (χ0n) is 16.6. The van der Waals surface area contributed by atoms with E-state index in [1.54, 1.807) is 43.6 Å². The van der Waals surface area contributed by atoms with Crippen molar-refractivity contribution in [3.8, 4) is 5.75 Å². The molecule has 4 rings (SSSR count). The first-order chi connectivity index (χ1) is 14.5. The van der Waals surface area contributed by atoms with Crippen LogP contribution in [0.1, 0.15) is 41.6 Å². The molecule has 1 saturated carbocycles. The molecule has 10 heteroatoms. The number of hydrogen-bond acceptors (Lipinski definition) is 6. The summed E-state index contributed by atoms with van der Waals surface area (Å²) in [6.07, 6.45) is 5.28. The summed E-state index contributed by atoms with van der Waals surface area (Å²) >= 11 is -1.60. The van der Waals surface area contributed by atoms with Gasteiger partial charge >= 0.3 is 0 Å². The van der Waals surface area contributed by atoms with E-state index in [1.165, 1.54) is 0 Å². The van der Waals surface area contributed by atoms with Crippen molar-refractivity contribution in [2.45, 2.75) is 31.2 Å². The van der Waals surface area contributed by atoms with Gasteiger partial charge in [-0.05, 0) is 37.1 Å². The maximum atomic E-state index is 12.9. The van der Waals surface area contributed by atoms with Crippen LogP contribution in [0.5, 0.6) is 5.75 Å². The number of anilines is 2. The van der Waals surface area contributed by atoms with Crippen LogP contribution >= 0.6 is 0 Å². The van der Waals surface area contributed by atoms with E-state index in [-0.39, 0.29) is 11.7 Å². The Hall–Kier alpha value is -3.14. The van der Waals surface area contributed by atoms with E-state index in [0.717, 1.165) is 25.7 Å². The lowest BCUT2D eigenvalue weighted by atomic mass is 9.98. The Morgan fingerprint density at radius 2 is 2.13 bits per heavy atom. The van der Waals surface area contributed by atoms with Crippen LogP contribution in [0.2, 0.25) is 0 Å². The third kappa shape index (κ3) is 4.09. The summed E-state index contributed by atoms with van der Waals surface area (Å²) in [5.41, 5.74) is 7.26. The Balaban J connectivity index is 1.53. The molecule has 0 radical (unpaired) electrons. The number of nitrogens with two attached hydrogens (primary N) is 1. The minimum Gasteiger partial charge on any atom is -0.490 e. The molecule has 1 aromatic heterocycles. The standard InChI is InChI=1S/C20H24N6O3S/c1-22-16-11-13(7-10-23-16)19(27)24-20(8-2-3-9-20)12-29-15-6-4-5-14-17(15)18(21)26-30(28)25-14/h4-7,10-11,25H,2-3,8-9,12H2,1H3,(H2,21,26)(H,22,23)(H,24,27). The Kier molecular flexibility index (Phi) is 5.58. The molecule has 9 nitrogen and oxygen atoms in total. The van der Waals surface area contributed by atoms with Gasteiger partial charge in [-0.25, -0.2) is 9.19 Å². The number of aromatic nitrogens is 1.